The number of hydrogen-bond acceptors (Lipinski definition) is 5. The number of rotatable bonds is 8. The summed E-state index contributed by atoms with van der Waals surface area (Å²) in [4.78, 5) is 16.9. The van der Waals surface area contributed by atoms with Gasteiger partial charge in [-0.2, -0.15) is 0 Å². The Bertz CT molecular complexity index is 932. The van der Waals surface area contributed by atoms with Crippen molar-refractivity contribution in [1.29, 1.82) is 0 Å². The molecule has 0 radical (unpaired) electrons. The predicted molar refractivity (Wildman–Crippen MR) is 118 cm³/mol. The molecular weight excluding hydrogens is 400 g/mol. The van der Waals surface area contributed by atoms with Gasteiger partial charge in [-0.05, 0) is 43.2 Å². The Morgan fingerprint density at radius 3 is 2.20 bits per heavy atom. The molecular formula is C23H30N2O4S. The Balaban J connectivity index is 1.41. The summed E-state index contributed by atoms with van der Waals surface area (Å²) < 4.78 is 30.1. The quantitative estimate of drug-likeness (QED) is 0.644. The molecule has 0 unspecified atom stereocenters. The second-order valence-electron chi connectivity index (χ2n) is 7.70. The highest BCUT2D eigenvalue weighted by Gasteiger charge is 2.23. The molecule has 0 aromatic heterocycles. The third-order valence-electron chi connectivity index (χ3n) is 5.57. The van der Waals surface area contributed by atoms with Crippen LogP contribution in [0.4, 0.5) is 0 Å². The highest BCUT2D eigenvalue weighted by Crippen LogP contribution is 2.15. The standard InChI is InChI=1S/C23H30N2O4S/c1-19-3-9-22(10-4-19)30(27,28)18-12-23(26)25-16-14-24(15-17-25)13-11-20-5-7-21(29-2)8-6-20/h3-10H,11-18H2,1-2H3. The lowest BCUT2D eigenvalue weighted by atomic mass is 10.1. The second-order valence-corrected chi connectivity index (χ2v) is 9.81. The minimum Gasteiger partial charge on any atom is -0.497 e. The third-order valence-corrected chi connectivity index (χ3v) is 7.30. The second kappa shape index (κ2) is 10.1. The summed E-state index contributed by atoms with van der Waals surface area (Å²) in [5.41, 5.74) is 2.27. The molecule has 1 heterocycles. The van der Waals surface area contributed by atoms with E-state index in [1.165, 1.54) is 5.56 Å². The van der Waals surface area contributed by atoms with Crippen molar-refractivity contribution in [1.82, 2.24) is 9.80 Å². The zero-order valence-corrected chi connectivity index (χ0v) is 18.5. The smallest absolute Gasteiger partial charge is 0.223 e. The van der Waals surface area contributed by atoms with Crippen LogP contribution in [-0.4, -0.2) is 69.7 Å². The summed E-state index contributed by atoms with van der Waals surface area (Å²) in [6, 6.07) is 14.9. The van der Waals surface area contributed by atoms with Crippen molar-refractivity contribution in [3.63, 3.8) is 0 Å². The summed E-state index contributed by atoms with van der Waals surface area (Å²) in [7, 11) is -1.77. The van der Waals surface area contributed by atoms with E-state index < -0.39 is 9.84 Å². The summed E-state index contributed by atoms with van der Waals surface area (Å²) in [5.74, 6) is 0.628. The van der Waals surface area contributed by atoms with E-state index in [0.717, 1.165) is 37.4 Å². The molecule has 6 nitrogen and oxygen atoms in total. The Morgan fingerprint density at radius 1 is 0.967 bits per heavy atom. The van der Waals surface area contributed by atoms with Gasteiger partial charge in [-0.25, -0.2) is 8.42 Å². The minimum atomic E-state index is -3.43. The van der Waals surface area contributed by atoms with Crippen LogP contribution < -0.4 is 4.74 Å². The molecule has 2 aromatic rings. The lowest BCUT2D eigenvalue weighted by molar-refractivity contribution is -0.132. The largest absolute Gasteiger partial charge is 0.497 e. The molecule has 1 saturated heterocycles. The maximum atomic E-state index is 12.5. The molecule has 1 amide bonds. The highest BCUT2D eigenvalue weighted by atomic mass is 32.2. The van der Waals surface area contributed by atoms with Gasteiger partial charge in [0.25, 0.3) is 0 Å². The van der Waals surface area contributed by atoms with Crippen LogP contribution in [-0.2, 0) is 21.1 Å². The van der Waals surface area contributed by atoms with E-state index in [2.05, 4.69) is 17.0 Å². The summed E-state index contributed by atoms with van der Waals surface area (Å²) in [5, 5.41) is 0. The number of piperazine rings is 1. The topological polar surface area (TPSA) is 66.9 Å². The molecule has 0 saturated carbocycles. The molecule has 0 atom stereocenters. The summed E-state index contributed by atoms with van der Waals surface area (Å²) in [6.45, 7) is 5.77. The van der Waals surface area contributed by atoms with Gasteiger partial charge in [-0.15, -0.1) is 0 Å². The van der Waals surface area contributed by atoms with E-state index in [0.29, 0.717) is 13.1 Å². The number of nitrogens with zero attached hydrogens (tertiary/aromatic N) is 2. The van der Waals surface area contributed by atoms with Gasteiger partial charge in [0.1, 0.15) is 5.75 Å². The van der Waals surface area contributed by atoms with Crippen molar-refractivity contribution < 1.29 is 17.9 Å². The molecule has 0 aliphatic carbocycles. The maximum Gasteiger partial charge on any atom is 0.223 e. The van der Waals surface area contributed by atoms with Crippen molar-refractivity contribution in [3.8, 4) is 5.75 Å². The van der Waals surface area contributed by atoms with Crippen LogP contribution in [0, 0.1) is 6.92 Å². The number of ether oxygens (including phenoxy) is 1. The predicted octanol–water partition coefficient (Wildman–Crippen LogP) is 2.55. The molecule has 162 valence electrons. The first-order chi connectivity index (χ1) is 14.4. The third kappa shape index (κ3) is 6.06. The molecule has 30 heavy (non-hydrogen) atoms. The Labute approximate surface area is 179 Å². The van der Waals surface area contributed by atoms with Gasteiger partial charge in [0, 0.05) is 39.1 Å². The first-order valence-electron chi connectivity index (χ1n) is 10.3. The average molecular weight is 431 g/mol. The lowest BCUT2D eigenvalue weighted by Crippen LogP contribution is -2.49. The number of hydrogen-bond donors (Lipinski definition) is 0. The number of carbonyl (C=O) groups is 1. The fraction of sp³-hybridized carbons (Fsp3) is 0.435. The number of carbonyl (C=O) groups excluding carboxylic acids is 1. The van der Waals surface area contributed by atoms with Crippen LogP contribution in [0.5, 0.6) is 5.75 Å². The van der Waals surface area contributed by atoms with Crippen LogP contribution in [0.2, 0.25) is 0 Å². The first-order valence-corrected chi connectivity index (χ1v) is 11.9. The fourth-order valence-corrected chi connectivity index (χ4v) is 4.77. The van der Waals surface area contributed by atoms with Gasteiger partial charge in [-0.1, -0.05) is 29.8 Å². The maximum absolute atomic E-state index is 12.5. The van der Waals surface area contributed by atoms with E-state index in [1.54, 1.807) is 36.3 Å². The molecule has 1 aliphatic rings. The summed E-state index contributed by atoms with van der Waals surface area (Å²) in [6.07, 6.45) is 0.981. The van der Waals surface area contributed by atoms with Crippen molar-refractivity contribution >= 4 is 15.7 Å². The van der Waals surface area contributed by atoms with Gasteiger partial charge in [-0.3, -0.25) is 9.69 Å². The van der Waals surface area contributed by atoms with Crippen LogP contribution in [0.25, 0.3) is 0 Å². The lowest BCUT2D eigenvalue weighted by Gasteiger charge is -2.34. The Kier molecular flexibility index (Phi) is 7.50. The number of sulfone groups is 1. The zero-order chi connectivity index (χ0) is 21.6. The number of aryl methyl sites for hydroxylation is 1. The fourth-order valence-electron chi connectivity index (χ4n) is 3.54. The molecule has 0 bridgehead atoms. The van der Waals surface area contributed by atoms with Crippen LogP contribution in [0.1, 0.15) is 17.5 Å². The highest BCUT2D eigenvalue weighted by molar-refractivity contribution is 7.91. The van der Waals surface area contributed by atoms with E-state index in [4.69, 9.17) is 4.74 Å². The Hall–Kier alpha value is -2.38. The minimum absolute atomic E-state index is 0.0298. The van der Waals surface area contributed by atoms with Crippen molar-refractivity contribution in [3.05, 3.63) is 59.7 Å². The Morgan fingerprint density at radius 2 is 1.60 bits per heavy atom. The van der Waals surface area contributed by atoms with Crippen molar-refractivity contribution in [2.75, 3.05) is 45.6 Å². The molecule has 0 spiro atoms. The van der Waals surface area contributed by atoms with E-state index >= 15 is 0 Å². The van der Waals surface area contributed by atoms with Gasteiger partial charge in [0.15, 0.2) is 9.84 Å². The zero-order valence-electron chi connectivity index (χ0n) is 17.7. The SMILES string of the molecule is COc1ccc(CCN2CCN(C(=O)CCS(=O)(=O)c3ccc(C)cc3)CC2)cc1. The van der Waals surface area contributed by atoms with E-state index in [1.807, 2.05) is 19.1 Å². The average Bonchev–Trinajstić information content (AvgIpc) is 2.77. The number of methoxy groups -OCH3 is 1. The molecule has 1 aliphatic heterocycles. The van der Waals surface area contributed by atoms with Crippen LogP contribution in [0.15, 0.2) is 53.4 Å². The van der Waals surface area contributed by atoms with E-state index in [-0.39, 0.29) is 23.0 Å². The molecule has 0 N–H and O–H groups in total. The van der Waals surface area contributed by atoms with Crippen LogP contribution in [0.3, 0.4) is 0 Å². The van der Waals surface area contributed by atoms with Crippen molar-refractivity contribution in [2.45, 2.75) is 24.7 Å². The summed E-state index contributed by atoms with van der Waals surface area (Å²) >= 11 is 0. The number of amides is 1. The number of benzene rings is 2. The van der Waals surface area contributed by atoms with Gasteiger partial charge in [0.05, 0.1) is 17.8 Å². The molecule has 3 rings (SSSR count). The molecule has 1 fully saturated rings. The van der Waals surface area contributed by atoms with Gasteiger partial charge >= 0.3 is 0 Å². The normalized spacial score (nSPS) is 15.2. The van der Waals surface area contributed by atoms with E-state index in [9.17, 15) is 13.2 Å². The monoisotopic (exact) mass is 430 g/mol. The van der Waals surface area contributed by atoms with Crippen LogP contribution >= 0.6 is 0 Å². The van der Waals surface area contributed by atoms with Gasteiger partial charge < -0.3 is 9.64 Å². The molecule has 2 aromatic carbocycles. The molecule has 7 heteroatoms. The van der Waals surface area contributed by atoms with Gasteiger partial charge in [0.2, 0.25) is 5.91 Å². The van der Waals surface area contributed by atoms with Crippen molar-refractivity contribution in [2.24, 2.45) is 0 Å². The first kappa shape index (κ1) is 22.3.